The highest BCUT2D eigenvalue weighted by Gasteiger charge is 2.12. The van der Waals surface area contributed by atoms with Gasteiger partial charge in [0.1, 0.15) is 0 Å². The minimum Gasteiger partial charge on any atom is -0.352 e. The van der Waals surface area contributed by atoms with Gasteiger partial charge in [0.05, 0.1) is 0 Å². The predicted octanol–water partition coefficient (Wildman–Crippen LogP) is 4.25. The van der Waals surface area contributed by atoms with Crippen LogP contribution in [0.15, 0.2) is 28.8 Å². The zero-order valence-electron chi connectivity index (χ0n) is 15.1. The molecule has 0 saturated heterocycles. The summed E-state index contributed by atoms with van der Waals surface area (Å²) in [5, 5.41) is 6.96. The van der Waals surface area contributed by atoms with Crippen molar-refractivity contribution in [2.24, 2.45) is 5.41 Å². The van der Waals surface area contributed by atoms with Gasteiger partial charge in [0, 0.05) is 24.1 Å². The van der Waals surface area contributed by atoms with Crippen LogP contribution in [0.5, 0.6) is 0 Å². The molecule has 0 atom stereocenters. The molecule has 1 aromatic heterocycles. The van der Waals surface area contributed by atoms with Gasteiger partial charge in [-0.2, -0.15) is 4.98 Å². The maximum atomic E-state index is 12.1. The average molecular weight is 329 g/mol. The van der Waals surface area contributed by atoms with Crippen molar-refractivity contribution in [2.75, 3.05) is 6.54 Å². The van der Waals surface area contributed by atoms with Gasteiger partial charge < -0.3 is 9.84 Å². The highest BCUT2D eigenvalue weighted by Crippen LogP contribution is 2.18. The van der Waals surface area contributed by atoms with Gasteiger partial charge in [0.2, 0.25) is 11.7 Å². The first-order chi connectivity index (χ1) is 11.4. The molecule has 0 aliphatic rings. The second kappa shape index (κ2) is 8.08. The van der Waals surface area contributed by atoms with E-state index in [0.29, 0.717) is 23.8 Å². The van der Waals surface area contributed by atoms with Crippen LogP contribution in [-0.2, 0) is 6.42 Å². The highest BCUT2D eigenvalue weighted by atomic mass is 16.5. The minimum absolute atomic E-state index is 0.0532. The van der Waals surface area contributed by atoms with Gasteiger partial charge in [-0.05, 0) is 30.4 Å². The Labute approximate surface area is 143 Å². The van der Waals surface area contributed by atoms with Gasteiger partial charge in [0.15, 0.2) is 0 Å². The summed E-state index contributed by atoms with van der Waals surface area (Å²) in [6.45, 7) is 9.28. The number of carbonyl (C=O) groups is 1. The van der Waals surface area contributed by atoms with Crippen LogP contribution in [0.4, 0.5) is 0 Å². The Bertz CT molecular complexity index is 654. The Morgan fingerprint density at radius 3 is 2.54 bits per heavy atom. The van der Waals surface area contributed by atoms with E-state index in [0.717, 1.165) is 31.2 Å². The maximum absolute atomic E-state index is 12.1. The third-order valence-corrected chi connectivity index (χ3v) is 3.78. The van der Waals surface area contributed by atoms with Gasteiger partial charge in [-0.25, -0.2) is 0 Å². The summed E-state index contributed by atoms with van der Waals surface area (Å²) < 4.78 is 5.24. The van der Waals surface area contributed by atoms with Crippen molar-refractivity contribution >= 4 is 5.91 Å². The maximum Gasteiger partial charge on any atom is 0.251 e. The number of hydrogen-bond donors (Lipinski definition) is 1. The van der Waals surface area contributed by atoms with E-state index in [1.165, 1.54) is 0 Å². The van der Waals surface area contributed by atoms with Crippen molar-refractivity contribution in [3.8, 4) is 11.4 Å². The number of benzene rings is 1. The topological polar surface area (TPSA) is 68.0 Å². The van der Waals surface area contributed by atoms with Crippen LogP contribution in [0.1, 0.15) is 63.2 Å². The summed E-state index contributed by atoms with van der Waals surface area (Å²) >= 11 is 0. The lowest BCUT2D eigenvalue weighted by Crippen LogP contribution is -2.27. The molecular formula is C19H27N3O2. The summed E-state index contributed by atoms with van der Waals surface area (Å²) in [6.07, 6.45) is 3.88. The number of nitrogens with one attached hydrogen (secondary N) is 1. The van der Waals surface area contributed by atoms with E-state index >= 15 is 0 Å². The molecule has 1 N–H and O–H groups in total. The molecule has 0 bridgehead atoms. The first kappa shape index (κ1) is 18.2. The van der Waals surface area contributed by atoms with Crippen LogP contribution >= 0.6 is 0 Å². The lowest BCUT2D eigenvalue weighted by Gasteiger charge is -2.18. The van der Waals surface area contributed by atoms with Crippen molar-refractivity contribution in [3.63, 3.8) is 0 Å². The summed E-state index contributed by atoms with van der Waals surface area (Å²) in [5.41, 5.74) is 1.71. The fourth-order valence-corrected chi connectivity index (χ4v) is 2.23. The van der Waals surface area contributed by atoms with E-state index in [4.69, 9.17) is 4.52 Å². The van der Waals surface area contributed by atoms with Crippen molar-refractivity contribution in [1.29, 1.82) is 0 Å². The van der Waals surface area contributed by atoms with Crippen LogP contribution < -0.4 is 5.32 Å². The van der Waals surface area contributed by atoms with E-state index in [2.05, 4.69) is 43.2 Å². The van der Waals surface area contributed by atoms with E-state index in [9.17, 15) is 4.79 Å². The minimum atomic E-state index is -0.0532. The summed E-state index contributed by atoms with van der Waals surface area (Å²) in [5.74, 6) is 1.18. The SMILES string of the molecule is CCCCc1nc(-c2ccc(C(=O)NCCC(C)(C)C)cc2)no1. The molecule has 0 spiro atoms. The Kier molecular flexibility index (Phi) is 6.12. The monoisotopic (exact) mass is 329 g/mol. The van der Waals surface area contributed by atoms with Crippen LogP contribution in [-0.4, -0.2) is 22.6 Å². The number of aromatic nitrogens is 2. The lowest BCUT2D eigenvalue weighted by atomic mass is 9.92. The number of amides is 1. The van der Waals surface area contributed by atoms with Gasteiger partial charge in [0.25, 0.3) is 5.91 Å². The number of carbonyl (C=O) groups excluding carboxylic acids is 1. The molecular weight excluding hydrogens is 302 g/mol. The predicted molar refractivity (Wildman–Crippen MR) is 94.8 cm³/mol. The second-order valence-corrected chi connectivity index (χ2v) is 7.26. The number of unbranched alkanes of at least 4 members (excludes halogenated alkanes) is 1. The molecule has 0 unspecified atom stereocenters. The average Bonchev–Trinajstić information content (AvgIpc) is 3.00. The molecule has 2 aromatic rings. The number of nitrogens with zero attached hydrogens (tertiary/aromatic N) is 2. The third kappa shape index (κ3) is 5.48. The Hall–Kier alpha value is -2.17. The highest BCUT2D eigenvalue weighted by molar-refractivity contribution is 5.94. The van der Waals surface area contributed by atoms with Gasteiger partial charge in [-0.15, -0.1) is 0 Å². The molecule has 0 saturated carbocycles. The zero-order valence-corrected chi connectivity index (χ0v) is 15.1. The van der Waals surface area contributed by atoms with Gasteiger partial charge in [-0.3, -0.25) is 4.79 Å². The molecule has 5 heteroatoms. The third-order valence-electron chi connectivity index (χ3n) is 3.78. The largest absolute Gasteiger partial charge is 0.352 e. The van der Waals surface area contributed by atoms with E-state index in [-0.39, 0.29) is 11.3 Å². The summed E-state index contributed by atoms with van der Waals surface area (Å²) in [4.78, 5) is 16.5. The molecule has 130 valence electrons. The van der Waals surface area contributed by atoms with Crippen molar-refractivity contribution < 1.29 is 9.32 Å². The quantitative estimate of drug-likeness (QED) is 0.824. The van der Waals surface area contributed by atoms with Gasteiger partial charge >= 0.3 is 0 Å². The molecule has 0 aliphatic heterocycles. The Morgan fingerprint density at radius 2 is 1.92 bits per heavy atom. The first-order valence-corrected chi connectivity index (χ1v) is 8.60. The van der Waals surface area contributed by atoms with Crippen LogP contribution in [0, 0.1) is 5.41 Å². The fraction of sp³-hybridized carbons (Fsp3) is 0.526. The molecule has 1 aromatic carbocycles. The van der Waals surface area contributed by atoms with Crippen LogP contribution in [0.25, 0.3) is 11.4 Å². The first-order valence-electron chi connectivity index (χ1n) is 8.60. The molecule has 0 aliphatic carbocycles. The molecule has 0 fully saturated rings. The van der Waals surface area contributed by atoms with Crippen molar-refractivity contribution in [3.05, 3.63) is 35.7 Å². The normalized spacial score (nSPS) is 11.5. The standard InChI is InChI=1S/C19H27N3O2/c1-5-6-7-16-21-17(22-24-16)14-8-10-15(11-9-14)18(23)20-13-12-19(2,3)4/h8-11H,5-7,12-13H2,1-4H3,(H,20,23). The van der Waals surface area contributed by atoms with E-state index in [1.54, 1.807) is 12.1 Å². The molecule has 1 amide bonds. The summed E-state index contributed by atoms with van der Waals surface area (Å²) in [7, 11) is 0. The van der Waals surface area contributed by atoms with E-state index in [1.807, 2.05) is 12.1 Å². The molecule has 24 heavy (non-hydrogen) atoms. The van der Waals surface area contributed by atoms with Crippen LogP contribution in [0.2, 0.25) is 0 Å². The summed E-state index contributed by atoms with van der Waals surface area (Å²) in [6, 6.07) is 7.30. The molecule has 5 nitrogen and oxygen atoms in total. The fourth-order valence-electron chi connectivity index (χ4n) is 2.23. The zero-order chi connectivity index (χ0) is 17.6. The smallest absolute Gasteiger partial charge is 0.251 e. The number of hydrogen-bond acceptors (Lipinski definition) is 4. The second-order valence-electron chi connectivity index (χ2n) is 7.26. The van der Waals surface area contributed by atoms with E-state index < -0.39 is 0 Å². The lowest BCUT2D eigenvalue weighted by molar-refractivity contribution is 0.0949. The van der Waals surface area contributed by atoms with Crippen molar-refractivity contribution in [1.82, 2.24) is 15.5 Å². The number of rotatable bonds is 7. The van der Waals surface area contributed by atoms with Gasteiger partial charge in [-0.1, -0.05) is 51.4 Å². The number of aryl methyl sites for hydroxylation is 1. The van der Waals surface area contributed by atoms with Crippen LogP contribution in [0.3, 0.4) is 0 Å². The molecule has 0 radical (unpaired) electrons. The Morgan fingerprint density at radius 1 is 1.21 bits per heavy atom. The Balaban J connectivity index is 1.94. The molecule has 2 rings (SSSR count). The molecule has 1 heterocycles. The van der Waals surface area contributed by atoms with Crippen molar-refractivity contribution in [2.45, 2.75) is 53.4 Å².